The number of nitrogens with zero attached hydrogens (tertiary/aromatic N) is 1. The zero-order valence-electron chi connectivity index (χ0n) is 12.2. The predicted molar refractivity (Wildman–Crippen MR) is 81.3 cm³/mol. The van der Waals surface area contributed by atoms with Crippen molar-refractivity contribution in [2.75, 3.05) is 13.1 Å². The molecule has 1 aliphatic rings. The minimum atomic E-state index is -0.395. The summed E-state index contributed by atoms with van der Waals surface area (Å²) in [6.07, 6.45) is 3.70. The normalized spacial score (nSPS) is 16.9. The summed E-state index contributed by atoms with van der Waals surface area (Å²) in [5.74, 6) is 0.823. The van der Waals surface area contributed by atoms with Crippen molar-refractivity contribution in [3.05, 3.63) is 28.8 Å². The fourth-order valence-electron chi connectivity index (χ4n) is 2.48. The highest BCUT2D eigenvalue weighted by atomic mass is 35.5. The first-order valence-corrected chi connectivity index (χ1v) is 7.71. The molecule has 4 heteroatoms. The Labute approximate surface area is 125 Å². The molecule has 1 atom stereocenters. The maximum absolute atomic E-state index is 12.5. The Balaban J connectivity index is 2.03. The molecule has 0 aliphatic carbocycles. The minimum absolute atomic E-state index is 0.111. The van der Waals surface area contributed by atoms with Crippen molar-refractivity contribution in [1.82, 2.24) is 4.90 Å². The molecule has 0 aromatic heterocycles. The summed E-state index contributed by atoms with van der Waals surface area (Å²) >= 11 is 6.00. The van der Waals surface area contributed by atoms with E-state index in [1.54, 1.807) is 0 Å². The molecule has 0 N–H and O–H groups in total. The second-order valence-corrected chi connectivity index (χ2v) is 5.72. The van der Waals surface area contributed by atoms with E-state index < -0.39 is 6.10 Å². The van der Waals surface area contributed by atoms with Gasteiger partial charge in [-0.2, -0.15) is 0 Å². The lowest BCUT2D eigenvalue weighted by Gasteiger charge is -2.30. The van der Waals surface area contributed by atoms with Gasteiger partial charge in [-0.15, -0.1) is 0 Å². The summed E-state index contributed by atoms with van der Waals surface area (Å²) in [5.41, 5.74) is 0.962. The smallest absolute Gasteiger partial charge is 0.263 e. The Morgan fingerprint density at radius 1 is 1.35 bits per heavy atom. The predicted octanol–water partition coefficient (Wildman–Crippen LogP) is 3.82. The Morgan fingerprint density at radius 2 is 2.05 bits per heavy atom. The van der Waals surface area contributed by atoms with Gasteiger partial charge in [-0.3, -0.25) is 4.79 Å². The van der Waals surface area contributed by atoms with E-state index >= 15 is 0 Å². The van der Waals surface area contributed by atoms with E-state index in [9.17, 15) is 4.79 Å². The van der Waals surface area contributed by atoms with Gasteiger partial charge in [-0.25, -0.2) is 0 Å². The SMILES string of the molecule is CCC(Oc1ccc(Cl)c(C)c1)C(=O)N1CCCCC1. The van der Waals surface area contributed by atoms with Gasteiger partial charge in [0.2, 0.25) is 0 Å². The Kier molecular flexibility index (Phi) is 5.30. The second kappa shape index (κ2) is 6.98. The lowest BCUT2D eigenvalue weighted by molar-refractivity contribution is -0.139. The number of aryl methyl sites for hydroxylation is 1. The van der Waals surface area contributed by atoms with Crippen molar-refractivity contribution in [2.24, 2.45) is 0 Å². The van der Waals surface area contributed by atoms with E-state index in [0.717, 1.165) is 31.5 Å². The van der Waals surface area contributed by atoms with Gasteiger partial charge in [0.1, 0.15) is 5.75 Å². The third kappa shape index (κ3) is 3.66. The summed E-state index contributed by atoms with van der Waals surface area (Å²) in [6, 6.07) is 5.51. The average molecular weight is 296 g/mol. The Hall–Kier alpha value is -1.22. The summed E-state index contributed by atoms with van der Waals surface area (Å²) in [6.45, 7) is 5.63. The summed E-state index contributed by atoms with van der Waals surface area (Å²) in [5, 5.41) is 0.716. The van der Waals surface area contributed by atoms with Crippen LogP contribution in [0.25, 0.3) is 0 Å². The highest BCUT2D eigenvalue weighted by molar-refractivity contribution is 6.31. The second-order valence-electron chi connectivity index (χ2n) is 5.31. The topological polar surface area (TPSA) is 29.5 Å². The fraction of sp³-hybridized carbons (Fsp3) is 0.562. The Bertz CT molecular complexity index is 470. The van der Waals surface area contributed by atoms with E-state index in [1.807, 2.05) is 36.9 Å². The van der Waals surface area contributed by atoms with Crippen molar-refractivity contribution in [3.8, 4) is 5.75 Å². The van der Waals surface area contributed by atoms with Crippen LogP contribution in [-0.4, -0.2) is 30.0 Å². The highest BCUT2D eigenvalue weighted by Gasteiger charge is 2.25. The molecule has 0 saturated carbocycles. The lowest BCUT2D eigenvalue weighted by atomic mass is 10.1. The number of carbonyl (C=O) groups excluding carboxylic acids is 1. The van der Waals surface area contributed by atoms with Gasteiger partial charge in [0.15, 0.2) is 6.10 Å². The van der Waals surface area contributed by atoms with Crippen LogP contribution in [-0.2, 0) is 4.79 Å². The number of halogens is 1. The van der Waals surface area contributed by atoms with Gasteiger partial charge in [0.25, 0.3) is 5.91 Å². The van der Waals surface area contributed by atoms with Gasteiger partial charge in [0.05, 0.1) is 0 Å². The first-order chi connectivity index (χ1) is 9.61. The molecule has 1 unspecified atom stereocenters. The largest absolute Gasteiger partial charge is 0.481 e. The van der Waals surface area contributed by atoms with Crippen LogP contribution in [0, 0.1) is 6.92 Å². The molecular weight excluding hydrogens is 274 g/mol. The van der Waals surface area contributed by atoms with Crippen LogP contribution in [0.15, 0.2) is 18.2 Å². The van der Waals surface area contributed by atoms with Gasteiger partial charge >= 0.3 is 0 Å². The van der Waals surface area contributed by atoms with E-state index in [-0.39, 0.29) is 5.91 Å². The van der Waals surface area contributed by atoms with Crippen LogP contribution in [0.1, 0.15) is 38.2 Å². The van der Waals surface area contributed by atoms with Crippen LogP contribution >= 0.6 is 11.6 Å². The molecule has 20 heavy (non-hydrogen) atoms. The van der Waals surface area contributed by atoms with Crippen LogP contribution < -0.4 is 4.74 Å². The van der Waals surface area contributed by atoms with E-state index in [4.69, 9.17) is 16.3 Å². The molecule has 1 saturated heterocycles. The maximum Gasteiger partial charge on any atom is 0.263 e. The van der Waals surface area contributed by atoms with E-state index in [2.05, 4.69) is 0 Å². The summed E-state index contributed by atoms with van der Waals surface area (Å²) in [4.78, 5) is 14.4. The van der Waals surface area contributed by atoms with E-state index in [1.165, 1.54) is 6.42 Å². The first kappa shape index (κ1) is 15.2. The van der Waals surface area contributed by atoms with Gasteiger partial charge in [0, 0.05) is 18.1 Å². The molecule has 0 radical (unpaired) electrons. The maximum atomic E-state index is 12.5. The third-order valence-corrected chi connectivity index (χ3v) is 4.15. The van der Waals surface area contributed by atoms with Gasteiger partial charge < -0.3 is 9.64 Å². The first-order valence-electron chi connectivity index (χ1n) is 7.33. The van der Waals surface area contributed by atoms with E-state index in [0.29, 0.717) is 17.2 Å². The molecule has 1 aliphatic heterocycles. The monoisotopic (exact) mass is 295 g/mol. The minimum Gasteiger partial charge on any atom is -0.481 e. The van der Waals surface area contributed by atoms with Crippen molar-refractivity contribution in [1.29, 1.82) is 0 Å². The van der Waals surface area contributed by atoms with Crippen molar-refractivity contribution >= 4 is 17.5 Å². The molecule has 110 valence electrons. The molecule has 1 heterocycles. The number of hydrogen-bond donors (Lipinski definition) is 0. The molecule has 1 aromatic carbocycles. The molecule has 1 amide bonds. The number of carbonyl (C=O) groups is 1. The van der Waals surface area contributed by atoms with Crippen LogP contribution in [0.4, 0.5) is 0 Å². The number of rotatable bonds is 4. The average Bonchev–Trinajstić information content (AvgIpc) is 2.48. The number of likely N-dealkylation sites (tertiary alicyclic amines) is 1. The molecule has 0 bridgehead atoms. The van der Waals surface area contributed by atoms with Crippen LogP contribution in [0.5, 0.6) is 5.75 Å². The number of ether oxygens (including phenoxy) is 1. The van der Waals surface area contributed by atoms with Crippen molar-refractivity contribution in [3.63, 3.8) is 0 Å². The third-order valence-electron chi connectivity index (χ3n) is 3.72. The van der Waals surface area contributed by atoms with Crippen LogP contribution in [0.2, 0.25) is 5.02 Å². The number of piperidine rings is 1. The molecule has 1 aromatic rings. The summed E-state index contributed by atoms with van der Waals surface area (Å²) in [7, 11) is 0. The fourth-order valence-corrected chi connectivity index (χ4v) is 2.60. The standard InChI is InChI=1S/C16H22ClNO2/c1-3-15(16(19)18-9-5-4-6-10-18)20-13-7-8-14(17)12(2)11-13/h7-8,11,15H,3-6,9-10H2,1-2H3. The lowest BCUT2D eigenvalue weighted by Crippen LogP contribution is -2.44. The number of amides is 1. The summed E-state index contributed by atoms with van der Waals surface area (Å²) < 4.78 is 5.86. The Morgan fingerprint density at radius 3 is 2.65 bits per heavy atom. The molecule has 1 fully saturated rings. The number of hydrogen-bond acceptors (Lipinski definition) is 2. The van der Waals surface area contributed by atoms with Gasteiger partial charge in [-0.1, -0.05) is 18.5 Å². The number of benzene rings is 1. The van der Waals surface area contributed by atoms with Crippen molar-refractivity contribution in [2.45, 2.75) is 45.6 Å². The molecular formula is C16H22ClNO2. The zero-order valence-corrected chi connectivity index (χ0v) is 12.9. The van der Waals surface area contributed by atoms with Gasteiger partial charge in [-0.05, 0) is 56.4 Å². The van der Waals surface area contributed by atoms with Crippen molar-refractivity contribution < 1.29 is 9.53 Å². The molecule has 0 spiro atoms. The zero-order chi connectivity index (χ0) is 14.5. The highest BCUT2D eigenvalue weighted by Crippen LogP contribution is 2.23. The van der Waals surface area contributed by atoms with Crippen LogP contribution in [0.3, 0.4) is 0 Å². The molecule has 3 nitrogen and oxygen atoms in total. The molecule has 2 rings (SSSR count). The quantitative estimate of drug-likeness (QED) is 0.845.